The Morgan fingerprint density at radius 3 is 1.47 bits per heavy atom. The number of anilines is 3. The summed E-state index contributed by atoms with van der Waals surface area (Å²) in [6, 6.07) is 82.1. The van der Waals surface area contributed by atoms with Crippen LogP contribution >= 0.6 is 0 Å². The van der Waals surface area contributed by atoms with E-state index in [0.29, 0.717) is 0 Å². The molecule has 0 atom stereocenters. The zero-order valence-electron chi connectivity index (χ0n) is 32.2. The van der Waals surface area contributed by atoms with Crippen molar-refractivity contribution in [1.82, 2.24) is 4.57 Å². The van der Waals surface area contributed by atoms with Gasteiger partial charge in [0.15, 0.2) is 5.58 Å². The molecule has 0 aliphatic carbocycles. The van der Waals surface area contributed by atoms with Gasteiger partial charge in [0.1, 0.15) is 11.1 Å². The molecule has 0 bridgehead atoms. The number of benzene rings is 9. The summed E-state index contributed by atoms with van der Waals surface area (Å²) in [5, 5.41) is 2.17. The lowest BCUT2D eigenvalue weighted by Crippen LogP contribution is -2.12. The highest BCUT2D eigenvalue weighted by atomic mass is 16.3. The van der Waals surface area contributed by atoms with Crippen LogP contribution < -0.4 is 4.90 Å². The van der Waals surface area contributed by atoms with Gasteiger partial charge in [-0.1, -0.05) is 176 Å². The van der Waals surface area contributed by atoms with Crippen LogP contribution in [-0.4, -0.2) is 4.57 Å². The van der Waals surface area contributed by atoms with Crippen molar-refractivity contribution in [2.45, 2.75) is 0 Å². The van der Waals surface area contributed by atoms with Crippen molar-refractivity contribution in [2.24, 2.45) is 0 Å². The molecule has 0 spiro atoms. The van der Waals surface area contributed by atoms with Crippen LogP contribution in [0.25, 0.3) is 83.2 Å². The van der Waals surface area contributed by atoms with Crippen molar-refractivity contribution in [3.8, 4) is 50.2 Å². The van der Waals surface area contributed by atoms with Gasteiger partial charge in [-0.3, -0.25) is 0 Å². The Morgan fingerprint density at radius 1 is 0.322 bits per heavy atom. The molecule has 3 heteroatoms. The molecule has 0 radical (unpaired) electrons. The lowest BCUT2D eigenvalue weighted by atomic mass is 9.96. The van der Waals surface area contributed by atoms with Gasteiger partial charge in [-0.15, -0.1) is 0 Å². The van der Waals surface area contributed by atoms with Crippen LogP contribution in [0.3, 0.4) is 0 Å². The maximum atomic E-state index is 7.07. The Morgan fingerprint density at radius 2 is 0.797 bits per heavy atom. The molecular weight excluding hydrogens is 717 g/mol. The number of furan rings is 1. The van der Waals surface area contributed by atoms with Crippen molar-refractivity contribution in [3.63, 3.8) is 0 Å². The maximum Gasteiger partial charge on any atom is 0.161 e. The molecule has 9 aromatic carbocycles. The van der Waals surface area contributed by atoms with Crippen molar-refractivity contribution < 1.29 is 4.42 Å². The standard InChI is InChI=1S/C56H38N2O/c1-4-17-39(18-5-1)41-31-33-43(34-32-41)46-23-10-13-28-51(46)57(45-37-35-42(36-38-45)40-19-6-2-7-20-40)52-29-14-11-24-47(52)48-26-16-27-50-54-56(59-55(48)50)49-25-12-15-30-53(49)58(54)44-21-8-3-9-22-44/h1-38H. The molecule has 0 saturated heterocycles. The van der Waals surface area contributed by atoms with E-state index in [1.165, 1.54) is 22.3 Å². The Bertz CT molecular complexity index is 3240. The van der Waals surface area contributed by atoms with Gasteiger partial charge in [-0.25, -0.2) is 0 Å². The molecule has 0 saturated carbocycles. The topological polar surface area (TPSA) is 21.3 Å². The number of fused-ring (bicyclic) bond motifs is 5. The van der Waals surface area contributed by atoms with Gasteiger partial charge in [-0.05, 0) is 82.4 Å². The van der Waals surface area contributed by atoms with Crippen molar-refractivity contribution in [2.75, 3.05) is 4.90 Å². The third-order valence-corrected chi connectivity index (χ3v) is 11.4. The molecule has 278 valence electrons. The molecule has 0 aliphatic heterocycles. The number of hydrogen-bond donors (Lipinski definition) is 0. The molecule has 0 unspecified atom stereocenters. The zero-order chi connectivity index (χ0) is 39.1. The molecule has 3 nitrogen and oxygen atoms in total. The fourth-order valence-electron chi connectivity index (χ4n) is 8.67. The summed E-state index contributed by atoms with van der Waals surface area (Å²) in [7, 11) is 0. The van der Waals surface area contributed by atoms with Gasteiger partial charge < -0.3 is 13.9 Å². The van der Waals surface area contributed by atoms with Gasteiger partial charge in [0, 0.05) is 38.8 Å². The summed E-state index contributed by atoms with van der Waals surface area (Å²) in [6.45, 7) is 0. The largest absolute Gasteiger partial charge is 0.453 e. The molecule has 0 amide bonds. The third kappa shape index (κ3) is 6.00. The average molecular weight is 755 g/mol. The maximum absolute atomic E-state index is 7.07. The molecule has 2 aromatic heterocycles. The van der Waals surface area contributed by atoms with Crippen molar-refractivity contribution in [1.29, 1.82) is 0 Å². The highest BCUT2D eigenvalue weighted by molar-refractivity contribution is 6.19. The van der Waals surface area contributed by atoms with Gasteiger partial charge in [0.05, 0.1) is 16.9 Å². The molecule has 0 fully saturated rings. The van der Waals surface area contributed by atoms with Gasteiger partial charge in [-0.2, -0.15) is 0 Å². The van der Waals surface area contributed by atoms with Crippen LogP contribution in [-0.2, 0) is 0 Å². The van der Waals surface area contributed by atoms with Crippen LogP contribution in [0.4, 0.5) is 17.1 Å². The van der Waals surface area contributed by atoms with Crippen LogP contribution in [0.1, 0.15) is 0 Å². The predicted octanol–water partition coefficient (Wildman–Crippen LogP) is 15.7. The van der Waals surface area contributed by atoms with Crippen molar-refractivity contribution in [3.05, 3.63) is 231 Å². The van der Waals surface area contributed by atoms with E-state index in [9.17, 15) is 0 Å². The molecule has 0 aliphatic rings. The van der Waals surface area contributed by atoms with Crippen LogP contribution in [0.2, 0.25) is 0 Å². The number of hydrogen-bond acceptors (Lipinski definition) is 2. The Labute approximate surface area is 343 Å². The summed E-state index contributed by atoms with van der Waals surface area (Å²) in [5.41, 5.74) is 17.4. The van der Waals surface area contributed by atoms with E-state index < -0.39 is 0 Å². The summed E-state index contributed by atoms with van der Waals surface area (Å²) in [5.74, 6) is 0. The Kier molecular flexibility index (Phi) is 8.49. The van der Waals surface area contributed by atoms with E-state index in [0.717, 1.165) is 78.0 Å². The molecule has 2 heterocycles. The van der Waals surface area contributed by atoms with E-state index >= 15 is 0 Å². The summed E-state index contributed by atoms with van der Waals surface area (Å²) < 4.78 is 9.41. The Hall–Kier alpha value is -7.88. The highest BCUT2D eigenvalue weighted by Gasteiger charge is 2.25. The first-order chi connectivity index (χ1) is 29.3. The summed E-state index contributed by atoms with van der Waals surface area (Å²) in [4.78, 5) is 2.41. The summed E-state index contributed by atoms with van der Waals surface area (Å²) in [6.07, 6.45) is 0. The minimum atomic E-state index is 0.865. The van der Waals surface area contributed by atoms with E-state index in [1.54, 1.807) is 0 Å². The van der Waals surface area contributed by atoms with E-state index in [-0.39, 0.29) is 0 Å². The lowest BCUT2D eigenvalue weighted by molar-refractivity contribution is 0.674. The fourth-order valence-corrected chi connectivity index (χ4v) is 8.67. The predicted molar refractivity (Wildman–Crippen MR) is 247 cm³/mol. The lowest BCUT2D eigenvalue weighted by Gasteiger charge is -2.30. The van der Waals surface area contributed by atoms with Gasteiger partial charge >= 0.3 is 0 Å². The minimum Gasteiger partial charge on any atom is -0.453 e. The monoisotopic (exact) mass is 754 g/mol. The second kappa shape index (κ2) is 14.6. The van der Waals surface area contributed by atoms with Gasteiger partial charge in [0.2, 0.25) is 0 Å². The molecule has 59 heavy (non-hydrogen) atoms. The number of rotatable bonds is 8. The first-order valence-corrected chi connectivity index (χ1v) is 20.1. The molecule has 11 aromatic rings. The molecule has 0 N–H and O–H groups in total. The normalized spacial score (nSPS) is 11.4. The quantitative estimate of drug-likeness (QED) is 0.154. The highest BCUT2D eigenvalue weighted by Crippen LogP contribution is 2.48. The third-order valence-electron chi connectivity index (χ3n) is 11.4. The van der Waals surface area contributed by atoms with Gasteiger partial charge in [0.25, 0.3) is 0 Å². The van der Waals surface area contributed by atoms with Crippen molar-refractivity contribution >= 4 is 50.0 Å². The zero-order valence-corrected chi connectivity index (χ0v) is 32.2. The SMILES string of the molecule is c1ccc(-c2ccc(-c3ccccc3N(c3ccc(-c4ccccc4)cc3)c3ccccc3-c3cccc4c3oc3c5ccccc5n(-c5ccccc5)c43)cc2)cc1. The minimum absolute atomic E-state index is 0.865. The molecular formula is C56H38N2O. The van der Waals surface area contributed by atoms with E-state index in [1.807, 2.05) is 0 Å². The second-order valence-corrected chi connectivity index (χ2v) is 14.9. The van der Waals surface area contributed by atoms with Crippen LogP contribution in [0, 0.1) is 0 Å². The first-order valence-electron chi connectivity index (χ1n) is 20.1. The summed E-state index contributed by atoms with van der Waals surface area (Å²) >= 11 is 0. The number of para-hydroxylation sites is 5. The fraction of sp³-hybridized carbons (Fsp3) is 0. The van der Waals surface area contributed by atoms with Crippen LogP contribution in [0.15, 0.2) is 235 Å². The number of nitrogens with zero attached hydrogens (tertiary/aromatic N) is 2. The number of aromatic nitrogens is 1. The smallest absolute Gasteiger partial charge is 0.161 e. The van der Waals surface area contributed by atoms with E-state index in [2.05, 4.69) is 240 Å². The Balaban J connectivity index is 1.12. The molecule has 11 rings (SSSR count). The second-order valence-electron chi connectivity index (χ2n) is 14.9. The van der Waals surface area contributed by atoms with E-state index in [4.69, 9.17) is 4.42 Å². The first kappa shape index (κ1) is 34.4. The average Bonchev–Trinajstić information content (AvgIpc) is 3.86. The van der Waals surface area contributed by atoms with Crippen LogP contribution in [0.5, 0.6) is 0 Å².